The highest BCUT2D eigenvalue weighted by Crippen LogP contribution is 2.24. The van der Waals surface area contributed by atoms with Crippen LogP contribution in [0.2, 0.25) is 0 Å². The Labute approximate surface area is 120 Å². The Kier molecular flexibility index (Phi) is 4.43. The van der Waals surface area contributed by atoms with Crippen LogP contribution in [0.4, 0.5) is 0 Å². The molecule has 20 heavy (non-hydrogen) atoms. The predicted molar refractivity (Wildman–Crippen MR) is 81.5 cm³/mol. The van der Waals surface area contributed by atoms with Crippen molar-refractivity contribution in [3.05, 3.63) is 58.0 Å². The summed E-state index contributed by atoms with van der Waals surface area (Å²) in [7, 11) is 0. The Balaban J connectivity index is 2.60. The lowest BCUT2D eigenvalue weighted by atomic mass is 9.89. The molecule has 0 spiro atoms. The third-order valence-corrected chi connectivity index (χ3v) is 3.86. The van der Waals surface area contributed by atoms with Crippen LogP contribution in [0, 0.1) is 6.92 Å². The molecule has 0 atom stereocenters. The summed E-state index contributed by atoms with van der Waals surface area (Å²) in [5, 5.41) is 0. The quantitative estimate of drug-likeness (QED) is 0.748. The first-order valence-corrected chi connectivity index (χ1v) is 7.35. The van der Waals surface area contributed by atoms with Crippen molar-refractivity contribution in [1.29, 1.82) is 0 Å². The maximum atomic E-state index is 12.8. The molecule has 1 heterocycles. The van der Waals surface area contributed by atoms with Gasteiger partial charge in [0, 0.05) is 5.56 Å². The van der Waals surface area contributed by atoms with Crippen molar-refractivity contribution >= 4 is 5.78 Å². The number of aryl methyl sites for hydroxylation is 4. The highest BCUT2D eigenvalue weighted by Gasteiger charge is 2.20. The van der Waals surface area contributed by atoms with Gasteiger partial charge in [-0.1, -0.05) is 32.9 Å². The second-order valence-corrected chi connectivity index (χ2v) is 5.07. The number of hydrogen-bond donors (Lipinski definition) is 0. The molecule has 0 fully saturated rings. The van der Waals surface area contributed by atoms with E-state index in [0.29, 0.717) is 11.3 Å². The number of carbonyl (C=O) groups is 1. The molecule has 0 unspecified atom stereocenters. The molecule has 0 radical (unpaired) electrons. The van der Waals surface area contributed by atoms with E-state index in [0.717, 1.165) is 36.0 Å². The minimum Gasteiger partial charge on any atom is -0.469 e. The van der Waals surface area contributed by atoms with Crippen molar-refractivity contribution in [3.63, 3.8) is 0 Å². The van der Waals surface area contributed by atoms with E-state index in [1.807, 2.05) is 6.92 Å². The van der Waals surface area contributed by atoms with Gasteiger partial charge in [-0.05, 0) is 48.9 Å². The zero-order valence-electron chi connectivity index (χ0n) is 12.7. The van der Waals surface area contributed by atoms with E-state index < -0.39 is 0 Å². The summed E-state index contributed by atoms with van der Waals surface area (Å²) in [6.07, 6.45) is 4.33. The van der Waals surface area contributed by atoms with Crippen molar-refractivity contribution in [1.82, 2.24) is 0 Å². The minimum absolute atomic E-state index is 0.0904. The van der Waals surface area contributed by atoms with Crippen LogP contribution in [0.3, 0.4) is 0 Å². The molecule has 0 saturated carbocycles. The standard InChI is InChI=1S/C18H22O2/c1-5-13-10-14(6-2)17(15(7-3)11-13)18(19)16-8-9-20-12(16)4/h8-11H,5-7H2,1-4H3. The molecule has 1 aromatic carbocycles. The lowest BCUT2D eigenvalue weighted by Gasteiger charge is -2.14. The summed E-state index contributed by atoms with van der Waals surface area (Å²) < 4.78 is 5.28. The minimum atomic E-state index is 0.0904. The van der Waals surface area contributed by atoms with Gasteiger partial charge in [-0.25, -0.2) is 0 Å². The molecule has 0 saturated heterocycles. The molecule has 0 aliphatic carbocycles. The van der Waals surface area contributed by atoms with E-state index in [1.165, 1.54) is 5.56 Å². The molecule has 0 aliphatic heterocycles. The molecule has 0 amide bonds. The van der Waals surface area contributed by atoms with Crippen LogP contribution in [0.1, 0.15) is 59.1 Å². The third kappa shape index (κ3) is 2.55. The summed E-state index contributed by atoms with van der Waals surface area (Å²) in [4.78, 5) is 12.8. The Morgan fingerprint density at radius 3 is 2.05 bits per heavy atom. The molecule has 2 rings (SSSR count). The van der Waals surface area contributed by atoms with Gasteiger partial charge in [0.1, 0.15) is 5.76 Å². The van der Waals surface area contributed by atoms with Crippen molar-refractivity contribution in [2.24, 2.45) is 0 Å². The van der Waals surface area contributed by atoms with E-state index in [1.54, 1.807) is 12.3 Å². The third-order valence-electron chi connectivity index (χ3n) is 3.86. The van der Waals surface area contributed by atoms with Gasteiger partial charge in [0.15, 0.2) is 5.78 Å². The Bertz CT molecular complexity index is 595. The van der Waals surface area contributed by atoms with Crippen LogP contribution < -0.4 is 0 Å². The fraction of sp³-hybridized carbons (Fsp3) is 0.389. The largest absolute Gasteiger partial charge is 0.469 e. The molecule has 2 heteroatoms. The number of benzene rings is 1. The van der Waals surface area contributed by atoms with Gasteiger partial charge in [0.05, 0.1) is 11.8 Å². The molecular formula is C18H22O2. The molecule has 106 valence electrons. The first-order chi connectivity index (χ1) is 9.62. The van der Waals surface area contributed by atoms with Gasteiger partial charge in [0.2, 0.25) is 0 Å². The molecule has 2 nitrogen and oxygen atoms in total. The zero-order chi connectivity index (χ0) is 14.7. The van der Waals surface area contributed by atoms with E-state index in [-0.39, 0.29) is 5.78 Å². The number of ketones is 1. The Morgan fingerprint density at radius 2 is 1.65 bits per heavy atom. The van der Waals surface area contributed by atoms with Crippen LogP contribution in [0.5, 0.6) is 0 Å². The second-order valence-electron chi connectivity index (χ2n) is 5.07. The van der Waals surface area contributed by atoms with E-state index in [9.17, 15) is 4.79 Å². The monoisotopic (exact) mass is 270 g/mol. The maximum absolute atomic E-state index is 12.8. The fourth-order valence-electron chi connectivity index (χ4n) is 2.65. The number of furan rings is 1. The fourth-order valence-corrected chi connectivity index (χ4v) is 2.65. The molecule has 0 aliphatic rings. The Hall–Kier alpha value is -1.83. The van der Waals surface area contributed by atoms with Crippen LogP contribution in [0.15, 0.2) is 28.9 Å². The summed E-state index contributed by atoms with van der Waals surface area (Å²) in [5.41, 5.74) is 5.15. The molecule has 0 N–H and O–H groups in total. The van der Waals surface area contributed by atoms with Crippen LogP contribution >= 0.6 is 0 Å². The lowest BCUT2D eigenvalue weighted by molar-refractivity contribution is 0.103. The summed E-state index contributed by atoms with van der Waals surface area (Å²) in [6, 6.07) is 6.11. The average Bonchev–Trinajstić information content (AvgIpc) is 2.91. The van der Waals surface area contributed by atoms with Gasteiger partial charge < -0.3 is 4.42 Å². The molecule has 1 aromatic heterocycles. The normalized spacial score (nSPS) is 10.8. The highest BCUT2D eigenvalue weighted by molar-refractivity contribution is 6.11. The smallest absolute Gasteiger partial charge is 0.197 e. The zero-order valence-corrected chi connectivity index (χ0v) is 12.7. The summed E-state index contributed by atoms with van der Waals surface area (Å²) >= 11 is 0. The van der Waals surface area contributed by atoms with Gasteiger partial charge in [0.25, 0.3) is 0 Å². The van der Waals surface area contributed by atoms with Crippen LogP contribution in [-0.4, -0.2) is 5.78 Å². The first-order valence-electron chi connectivity index (χ1n) is 7.35. The predicted octanol–water partition coefficient (Wildman–Crippen LogP) is 4.51. The average molecular weight is 270 g/mol. The number of hydrogen-bond acceptors (Lipinski definition) is 2. The van der Waals surface area contributed by atoms with Gasteiger partial charge in [-0.15, -0.1) is 0 Å². The first kappa shape index (κ1) is 14.6. The molecule has 2 aromatic rings. The molecule has 0 bridgehead atoms. The summed E-state index contributed by atoms with van der Waals surface area (Å²) in [5.74, 6) is 0.784. The van der Waals surface area contributed by atoms with Crippen LogP contribution in [0.25, 0.3) is 0 Å². The van der Waals surface area contributed by atoms with Gasteiger partial charge >= 0.3 is 0 Å². The number of rotatable bonds is 5. The van der Waals surface area contributed by atoms with Gasteiger partial charge in [-0.2, -0.15) is 0 Å². The molecular weight excluding hydrogens is 248 g/mol. The SMILES string of the molecule is CCc1cc(CC)c(C(=O)c2ccoc2C)c(CC)c1. The van der Waals surface area contributed by atoms with E-state index >= 15 is 0 Å². The lowest BCUT2D eigenvalue weighted by Crippen LogP contribution is -2.10. The van der Waals surface area contributed by atoms with Gasteiger partial charge in [-0.3, -0.25) is 4.79 Å². The van der Waals surface area contributed by atoms with E-state index in [4.69, 9.17) is 4.42 Å². The Morgan fingerprint density at radius 1 is 1.05 bits per heavy atom. The van der Waals surface area contributed by atoms with Crippen molar-refractivity contribution in [2.75, 3.05) is 0 Å². The van der Waals surface area contributed by atoms with Crippen molar-refractivity contribution in [3.8, 4) is 0 Å². The topological polar surface area (TPSA) is 30.2 Å². The van der Waals surface area contributed by atoms with Crippen molar-refractivity contribution < 1.29 is 9.21 Å². The second kappa shape index (κ2) is 6.08. The maximum Gasteiger partial charge on any atom is 0.197 e. The van der Waals surface area contributed by atoms with Crippen molar-refractivity contribution in [2.45, 2.75) is 47.0 Å². The number of carbonyl (C=O) groups excluding carboxylic acids is 1. The highest BCUT2D eigenvalue weighted by atomic mass is 16.3. The van der Waals surface area contributed by atoms with E-state index in [2.05, 4.69) is 32.9 Å². The van der Waals surface area contributed by atoms with Crippen LogP contribution in [-0.2, 0) is 19.3 Å². The summed E-state index contributed by atoms with van der Waals surface area (Å²) in [6.45, 7) is 8.20.